The van der Waals surface area contributed by atoms with E-state index >= 15 is 0 Å². The number of rotatable bonds is 7. The highest BCUT2D eigenvalue weighted by Gasteiger charge is 2.39. The Hall–Kier alpha value is -3.43. The number of halogens is 3. The number of nitrogens with one attached hydrogen (secondary N) is 1. The topological polar surface area (TPSA) is 77.1 Å². The van der Waals surface area contributed by atoms with Crippen LogP contribution < -0.4 is 19.5 Å². The zero-order chi connectivity index (χ0) is 26.6. The first kappa shape index (κ1) is 26.6. The number of hydrogen-bond acceptors (Lipinski definition) is 5. The van der Waals surface area contributed by atoms with E-state index in [0.29, 0.717) is 42.5 Å². The Kier molecular flexibility index (Phi) is 8.14. The number of carbonyl (C=O) groups excluding carboxylic acids is 2. The van der Waals surface area contributed by atoms with Crippen LogP contribution >= 0.6 is 0 Å². The molecule has 0 unspecified atom stereocenters. The predicted octanol–water partition coefficient (Wildman–Crippen LogP) is 5.05. The van der Waals surface area contributed by atoms with Crippen LogP contribution in [0.5, 0.6) is 17.2 Å². The zero-order valence-corrected chi connectivity index (χ0v) is 20.8. The lowest BCUT2D eigenvalue weighted by molar-refractivity contribution is -0.274. The first-order valence-corrected chi connectivity index (χ1v) is 12.4. The molecule has 0 spiro atoms. The largest absolute Gasteiger partial charge is 0.573 e. The molecule has 1 N–H and O–H groups in total. The van der Waals surface area contributed by atoms with Crippen LogP contribution in [0.2, 0.25) is 0 Å². The van der Waals surface area contributed by atoms with Gasteiger partial charge < -0.3 is 24.4 Å². The highest BCUT2D eigenvalue weighted by Crippen LogP contribution is 2.37. The van der Waals surface area contributed by atoms with Crippen LogP contribution in [0, 0.1) is 11.8 Å². The van der Waals surface area contributed by atoms with Gasteiger partial charge in [0.2, 0.25) is 0 Å². The Morgan fingerprint density at radius 2 is 1.65 bits per heavy atom. The van der Waals surface area contributed by atoms with E-state index in [4.69, 9.17) is 9.47 Å². The number of benzene rings is 2. The summed E-state index contributed by atoms with van der Waals surface area (Å²) in [6.45, 7) is 0.853. The molecular formula is C27H31F3N2O5. The summed E-state index contributed by atoms with van der Waals surface area (Å²) in [6.07, 6.45) is -0.277. The predicted molar refractivity (Wildman–Crippen MR) is 130 cm³/mol. The van der Waals surface area contributed by atoms with E-state index in [1.54, 1.807) is 23.1 Å². The molecule has 37 heavy (non-hydrogen) atoms. The van der Waals surface area contributed by atoms with Crippen LogP contribution in [-0.2, 0) is 0 Å². The van der Waals surface area contributed by atoms with Gasteiger partial charge in [-0.3, -0.25) is 9.59 Å². The molecule has 2 aliphatic rings. The van der Waals surface area contributed by atoms with E-state index < -0.39 is 18.0 Å². The molecule has 1 heterocycles. The fourth-order valence-corrected chi connectivity index (χ4v) is 5.47. The van der Waals surface area contributed by atoms with Gasteiger partial charge in [-0.2, -0.15) is 0 Å². The minimum absolute atomic E-state index is 0.0139. The zero-order valence-electron chi connectivity index (χ0n) is 20.8. The number of alkyl halides is 3. The average Bonchev–Trinajstić information content (AvgIpc) is 3.42. The van der Waals surface area contributed by atoms with Gasteiger partial charge in [-0.1, -0.05) is 37.8 Å². The average molecular weight is 521 g/mol. The Labute approximate surface area is 213 Å². The molecule has 2 aromatic carbocycles. The maximum Gasteiger partial charge on any atom is 0.573 e. The molecule has 1 aliphatic carbocycles. The van der Waals surface area contributed by atoms with Crippen molar-refractivity contribution in [3.05, 3.63) is 53.6 Å². The Balaban J connectivity index is 1.51. The van der Waals surface area contributed by atoms with E-state index in [1.807, 2.05) is 0 Å². The number of para-hydroxylation sites is 1. The Morgan fingerprint density at radius 3 is 2.32 bits per heavy atom. The second-order valence-electron chi connectivity index (χ2n) is 9.44. The molecule has 1 aliphatic heterocycles. The van der Waals surface area contributed by atoms with E-state index in [1.165, 1.54) is 32.4 Å². The number of methoxy groups -OCH3 is 2. The van der Waals surface area contributed by atoms with Crippen molar-refractivity contribution in [1.82, 2.24) is 10.2 Å². The van der Waals surface area contributed by atoms with Crippen molar-refractivity contribution in [2.45, 2.75) is 44.5 Å². The SMILES string of the molecule is COc1ccc(C(=O)N2CC[C@H](NC(=O)c3ccccc3OC(F)(F)F)[C@@H](C3CCCC3)C2)cc1OC. The quantitative estimate of drug-likeness (QED) is 0.553. The molecule has 0 bridgehead atoms. The lowest BCUT2D eigenvalue weighted by Crippen LogP contribution is -2.54. The molecular weight excluding hydrogens is 489 g/mol. The number of nitrogens with zero attached hydrogens (tertiary/aromatic N) is 1. The summed E-state index contributed by atoms with van der Waals surface area (Å²) in [5, 5.41) is 2.96. The fourth-order valence-electron chi connectivity index (χ4n) is 5.47. The maximum atomic E-state index is 13.4. The lowest BCUT2D eigenvalue weighted by Gasteiger charge is -2.42. The summed E-state index contributed by atoms with van der Waals surface area (Å²) < 4.78 is 53.2. The molecule has 1 saturated heterocycles. The third-order valence-corrected chi connectivity index (χ3v) is 7.25. The van der Waals surface area contributed by atoms with E-state index in [-0.39, 0.29) is 23.4 Å². The Bertz CT molecular complexity index is 1120. The normalized spacial score (nSPS) is 20.4. The first-order chi connectivity index (χ1) is 17.7. The highest BCUT2D eigenvalue weighted by molar-refractivity contribution is 5.97. The van der Waals surface area contributed by atoms with E-state index in [9.17, 15) is 22.8 Å². The van der Waals surface area contributed by atoms with Gasteiger partial charge in [0, 0.05) is 24.7 Å². The molecule has 2 fully saturated rings. The minimum Gasteiger partial charge on any atom is -0.493 e. The lowest BCUT2D eigenvalue weighted by atomic mass is 9.80. The highest BCUT2D eigenvalue weighted by atomic mass is 19.4. The standard InChI is InChI=1S/C27H31F3N2O5/c1-35-23-12-11-18(15-24(23)36-2)26(34)32-14-13-21(20(16-32)17-7-3-4-8-17)31-25(33)19-9-5-6-10-22(19)37-27(28,29)30/h5-6,9-12,15,17,20-21H,3-4,7-8,13-14,16H2,1-2H3,(H,31,33)/t20-,21+/m1/s1. The second-order valence-corrected chi connectivity index (χ2v) is 9.44. The maximum absolute atomic E-state index is 13.4. The van der Waals surface area contributed by atoms with Gasteiger partial charge in [0.15, 0.2) is 11.5 Å². The number of carbonyl (C=O) groups is 2. The summed E-state index contributed by atoms with van der Waals surface area (Å²) in [7, 11) is 3.03. The summed E-state index contributed by atoms with van der Waals surface area (Å²) in [6, 6.07) is 10.1. The van der Waals surface area contributed by atoms with Crippen molar-refractivity contribution in [3.63, 3.8) is 0 Å². The molecule has 1 saturated carbocycles. The summed E-state index contributed by atoms with van der Waals surface area (Å²) in [4.78, 5) is 28.2. The number of piperidine rings is 1. The molecule has 4 rings (SSSR count). The monoisotopic (exact) mass is 520 g/mol. The van der Waals surface area contributed by atoms with E-state index in [0.717, 1.165) is 31.7 Å². The van der Waals surface area contributed by atoms with Crippen molar-refractivity contribution >= 4 is 11.8 Å². The molecule has 0 aromatic heterocycles. The molecule has 2 amide bonds. The van der Waals surface area contributed by atoms with Crippen LogP contribution in [0.1, 0.15) is 52.8 Å². The Morgan fingerprint density at radius 1 is 0.946 bits per heavy atom. The van der Waals surface area contributed by atoms with Crippen LogP contribution in [-0.4, -0.2) is 56.4 Å². The van der Waals surface area contributed by atoms with Gasteiger partial charge in [-0.15, -0.1) is 13.2 Å². The molecule has 0 radical (unpaired) electrons. The molecule has 2 atom stereocenters. The minimum atomic E-state index is -4.90. The smallest absolute Gasteiger partial charge is 0.493 e. The van der Waals surface area contributed by atoms with Gasteiger partial charge in [0.25, 0.3) is 11.8 Å². The third-order valence-electron chi connectivity index (χ3n) is 7.25. The van der Waals surface area contributed by atoms with Crippen molar-refractivity contribution < 1.29 is 37.0 Å². The molecule has 10 heteroatoms. The van der Waals surface area contributed by atoms with Crippen LogP contribution in [0.4, 0.5) is 13.2 Å². The van der Waals surface area contributed by atoms with Gasteiger partial charge in [0.05, 0.1) is 19.8 Å². The summed E-state index contributed by atoms with van der Waals surface area (Å²) in [5.74, 6) is -0.00854. The number of ether oxygens (including phenoxy) is 3. The second kappa shape index (κ2) is 11.3. The molecule has 200 valence electrons. The van der Waals surface area contributed by atoms with Crippen LogP contribution in [0.15, 0.2) is 42.5 Å². The van der Waals surface area contributed by atoms with Gasteiger partial charge in [-0.25, -0.2) is 0 Å². The fraction of sp³-hybridized carbons (Fsp3) is 0.481. The van der Waals surface area contributed by atoms with Crippen LogP contribution in [0.3, 0.4) is 0 Å². The van der Waals surface area contributed by atoms with Gasteiger partial charge in [-0.05, 0) is 48.6 Å². The van der Waals surface area contributed by atoms with Crippen molar-refractivity contribution in [2.75, 3.05) is 27.3 Å². The number of hydrogen-bond donors (Lipinski definition) is 1. The van der Waals surface area contributed by atoms with E-state index in [2.05, 4.69) is 10.1 Å². The summed E-state index contributed by atoms with van der Waals surface area (Å²) in [5.41, 5.74) is 0.303. The first-order valence-electron chi connectivity index (χ1n) is 12.4. The summed E-state index contributed by atoms with van der Waals surface area (Å²) >= 11 is 0. The van der Waals surface area contributed by atoms with Crippen molar-refractivity contribution in [3.8, 4) is 17.2 Å². The third kappa shape index (κ3) is 6.29. The number of likely N-dealkylation sites (tertiary alicyclic amines) is 1. The number of amides is 2. The van der Waals surface area contributed by atoms with Crippen molar-refractivity contribution in [2.24, 2.45) is 11.8 Å². The van der Waals surface area contributed by atoms with Gasteiger partial charge >= 0.3 is 6.36 Å². The molecule has 2 aromatic rings. The van der Waals surface area contributed by atoms with Crippen molar-refractivity contribution in [1.29, 1.82) is 0 Å². The molecule has 7 nitrogen and oxygen atoms in total. The van der Waals surface area contributed by atoms with Crippen LogP contribution in [0.25, 0.3) is 0 Å². The van der Waals surface area contributed by atoms with Gasteiger partial charge in [0.1, 0.15) is 5.75 Å².